The number of thioether (sulfide) groups is 1. The van der Waals surface area contributed by atoms with Crippen LogP contribution in [0.15, 0.2) is 89.1 Å². The monoisotopic (exact) mass is 565 g/mol. The van der Waals surface area contributed by atoms with Gasteiger partial charge in [0.25, 0.3) is 5.91 Å². The standard InChI is InChI=1S/C28H24ClN3O4S2/c1-2-36-24(33)16-22-17-37-28(31-22)32-27(35)25(18-8-4-3-5-9-18)38-23-13-7-12-21(15-23)30-26(34)19-10-6-11-20(29)14-19/h3-15,17,25H,2,16H2,1H3,(H,30,34)(H,31,32,35). The lowest BCUT2D eigenvalue weighted by atomic mass is 10.1. The fraction of sp³-hybridized carbons (Fsp3) is 0.143. The highest BCUT2D eigenvalue weighted by atomic mass is 35.5. The number of nitrogens with one attached hydrogen (secondary N) is 2. The number of esters is 1. The van der Waals surface area contributed by atoms with Crippen molar-refractivity contribution >= 4 is 63.3 Å². The number of carbonyl (C=O) groups excluding carboxylic acids is 3. The molecule has 0 aliphatic rings. The van der Waals surface area contributed by atoms with Crippen LogP contribution in [0.2, 0.25) is 5.02 Å². The molecule has 1 atom stereocenters. The van der Waals surface area contributed by atoms with Crippen molar-refractivity contribution in [1.82, 2.24) is 4.98 Å². The van der Waals surface area contributed by atoms with Gasteiger partial charge in [-0.15, -0.1) is 23.1 Å². The second-order valence-electron chi connectivity index (χ2n) is 8.02. The van der Waals surface area contributed by atoms with E-state index in [9.17, 15) is 14.4 Å². The molecule has 0 bridgehead atoms. The van der Waals surface area contributed by atoms with Gasteiger partial charge in [-0.1, -0.05) is 54.1 Å². The number of nitrogens with zero attached hydrogens (tertiary/aromatic N) is 1. The molecule has 0 saturated heterocycles. The summed E-state index contributed by atoms with van der Waals surface area (Å²) >= 11 is 8.61. The summed E-state index contributed by atoms with van der Waals surface area (Å²) in [5.41, 5.74) is 2.39. The summed E-state index contributed by atoms with van der Waals surface area (Å²) < 4.78 is 4.97. The van der Waals surface area contributed by atoms with Gasteiger partial charge in [-0.25, -0.2) is 4.98 Å². The van der Waals surface area contributed by atoms with E-state index in [2.05, 4.69) is 15.6 Å². The van der Waals surface area contributed by atoms with Gasteiger partial charge in [0.05, 0.1) is 18.7 Å². The van der Waals surface area contributed by atoms with Gasteiger partial charge >= 0.3 is 5.97 Å². The molecule has 4 rings (SSSR count). The van der Waals surface area contributed by atoms with Gasteiger partial charge in [0.1, 0.15) is 5.25 Å². The maximum absolute atomic E-state index is 13.4. The average molecular weight is 566 g/mol. The van der Waals surface area contributed by atoms with Crippen molar-refractivity contribution < 1.29 is 19.1 Å². The Morgan fingerprint density at radius 3 is 2.55 bits per heavy atom. The van der Waals surface area contributed by atoms with E-state index in [-0.39, 0.29) is 24.2 Å². The summed E-state index contributed by atoms with van der Waals surface area (Å²) in [6, 6.07) is 23.4. The molecule has 0 saturated carbocycles. The maximum Gasteiger partial charge on any atom is 0.311 e. The van der Waals surface area contributed by atoms with Crippen LogP contribution in [0, 0.1) is 0 Å². The van der Waals surface area contributed by atoms with Crippen molar-refractivity contribution in [3.05, 3.63) is 106 Å². The molecule has 0 spiro atoms. The molecule has 4 aromatic rings. The summed E-state index contributed by atoms with van der Waals surface area (Å²) in [4.78, 5) is 43.0. The van der Waals surface area contributed by atoms with E-state index in [1.54, 1.807) is 42.6 Å². The van der Waals surface area contributed by atoms with Gasteiger partial charge in [0.2, 0.25) is 5.91 Å². The lowest BCUT2D eigenvalue weighted by Gasteiger charge is -2.17. The van der Waals surface area contributed by atoms with Crippen LogP contribution in [-0.2, 0) is 20.7 Å². The summed E-state index contributed by atoms with van der Waals surface area (Å²) in [6.45, 7) is 2.04. The third-order valence-electron chi connectivity index (χ3n) is 5.19. The highest BCUT2D eigenvalue weighted by Crippen LogP contribution is 2.37. The van der Waals surface area contributed by atoms with E-state index < -0.39 is 5.25 Å². The first-order valence-electron chi connectivity index (χ1n) is 11.7. The Balaban J connectivity index is 1.49. The Kier molecular flexibility index (Phi) is 9.53. The number of aromatic nitrogens is 1. The van der Waals surface area contributed by atoms with Crippen LogP contribution in [-0.4, -0.2) is 29.4 Å². The Bertz CT molecular complexity index is 1430. The third kappa shape index (κ3) is 7.67. The highest BCUT2D eigenvalue weighted by Gasteiger charge is 2.23. The summed E-state index contributed by atoms with van der Waals surface area (Å²) in [5, 5.41) is 7.77. The SMILES string of the molecule is CCOC(=O)Cc1csc(NC(=O)C(Sc2cccc(NC(=O)c3cccc(Cl)c3)c2)c2ccccc2)n1. The number of thiazole rings is 1. The van der Waals surface area contributed by atoms with Crippen molar-refractivity contribution in [3.8, 4) is 0 Å². The Hall–Kier alpha value is -3.66. The number of anilines is 2. The Morgan fingerprint density at radius 1 is 1.00 bits per heavy atom. The van der Waals surface area contributed by atoms with Gasteiger partial charge in [-0.2, -0.15) is 0 Å². The fourth-order valence-electron chi connectivity index (χ4n) is 3.49. The summed E-state index contributed by atoms with van der Waals surface area (Å²) in [6.07, 6.45) is 0.0464. The zero-order valence-electron chi connectivity index (χ0n) is 20.3. The number of rotatable bonds is 10. The van der Waals surface area contributed by atoms with Crippen LogP contribution in [0.5, 0.6) is 0 Å². The minimum absolute atomic E-state index is 0.0464. The van der Waals surface area contributed by atoms with E-state index in [1.165, 1.54) is 23.1 Å². The summed E-state index contributed by atoms with van der Waals surface area (Å²) in [7, 11) is 0. The molecule has 2 amide bonds. The molecule has 3 aromatic carbocycles. The van der Waals surface area contributed by atoms with Gasteiger partial charge in [0.15, 0.2) is 5.13 Å². The van der Waals surface area contributed by atoms with E-state index in [4.69, 9.17) is 16.3 Å². The lowest BCUT2D eigenvalue weighted by Crippen LogP contribution is -2.19. The molecule has 0 radical (unpaired) electrons. The van der Waals surface area contributed by atoms with Crippen LogP contribution in [0.3, 0.4) is 0 Å². The van der Waals surface area contributed by atoms with Crippen LogP contribution in [0.1, 0.15) is 33.8 Å². The largest absolute Gasteiger partial charge is 0.466 e. The smallest absolute Gasteiger partial charge is 0.311 e. The molecule has 194 valence electrons. The molecule has 1 unspecified atom stereocenters. The Labute approximate surface area is 233 Å². The van der Waals surface area contributed by atoms with Gasteiger partial charge in [-0.3, -0.25) is 14.4 Å². The fourth-order valence-corrected chi connectivity index (χ4v) is 5.48. The van der Waals surface area contributed by atoms with Crippen LogP contribution in [0.25, 0.3) is 0 Å². The van der Waals surface area contributed by atoms with Gasteiger partial charge in [-0.05, 0) is 48.9 Å². The number of halogens is 1. The zero-order chi connectivity index (χ0) is 26.9. The van der Waals surface area contributed by atoms with E-state index in [1.807, 2.05) is 48.5 Å². The van der Waals surface area contributed by atoms with Crippen LogP contribution >= 0.6 is 34.7 Å². The molecule has 7 nitrogen and oxygen atoms in total. The van der Waals surface area contributed by atoms with E-state index in [0.29, 0.717) is 33.7 Å². The second kappa shape index (κ2) is 13.2. The number of benzene rings is 3. The first kappa shape index (κ1) is 27.4. The second-order valence-corrected chi connectivity index (χ2v) is 10.5. The molecular weight excluding hydrogens is 542 g/mol. The molecule has 10 heteroatoms. The number of amides is 2. The molecule has 0 aliphatic heterocycles. The van der Waals surface area contributed by atoms with Crippen LogP contribution in [0.4, 0.5) is 10.8 Å². The quantitative estimate of drug-likeness (QED) is 0.165. The molecule has 0 aliphatic carbocycles. The van der Waals surface area contributed by atoms with Crippen molar-refractivity contribution in [2.45, 2.75) is 23.5 Å². The van der Waals surface area contributed by atoms with E-state index in [0.717, 1.165) is 10.5 Å². The first-order chi connectivity index (χ1) is 18.4. The number of hydrogen-bond acceptors (Lipinski definition) is 7. The van der Waals surface area contributed by atoms with Crippen LogP contribution < -0.4 is 10.6 Å². The minimum Gasteiger partial charge on any atom is -0.466 e. The lowest BCUT2D eigenvalue weighted by molar-refractivity contribution is -0.142. The predicted octanol–water partition coefficient (Wildman–Crippen LogP) is 6.63. The molecule has 0 fully saturated rings. The average Bonchev–Trinajstić information content (AvgIpc) is 3.34. The Morgan fingerprint density at radius 2 is 1.79 bits per heavy atom. The maximum atomic E-state index is 13.4. The van der Waals surface area contributed by atoms with E-state index >= 15 is 0 Å². The van der Waals surface area contributed by atoms with Crippen molar-refractivity contribution in [2.24, 2.45) is 0 Å². The first-order valence-corrected chi connectivity index (χ1v) is 13.8. The predicted molar refractivity (Wildman–Crippen MR) is 152 cm³/mol. The van der Waals surface area contributed by atoms with Gasteiger partial charge in [0, 0.05) is 26.5 Å². The minimum atomic E-state index is -0.590. The van der Waals surface area contributed by atoms with Crippen molar-refractivity contribution in [1.29, 1.82) is 0 Å². The van der Waals surface area contributed by atoms with Crippen molar-refractivity contribution in [2.75, 3.05) is 17.2 Å². The normalized spacial score (nSPS) is 11.4. The highest BCUT2D eigenvalue weighted by molar-refractivity contribution is 8.00. The molecule has 1 aromatic heterocycles. The number of hydrogen-bond donors (Lipinski definition) is 2. The third-order valence-corrected chi connectivity index (χ3v) is 7.48. The zero-order valence-corrected chi connectivity index (χ0v) is 22.7. The molecule has 1 heterocycles. The number of ether oxygens (including phenoxy) is 1. The van der Waals surface area contributed by atoms with Gasteiger partial charge < -0.3 is 15.4 Å². The molecule has 38 heavy (non-hydrogen) atoms. The summed E-state index contributed by atoms with van der Waals surface area (Å²) in [5.74, 6) is -0.906. The van der Waals surface area contributed by atoms with Crippen molar-refractivity contribution in [3.63, 3.8) is 0 Å². The topological polar surface area (TPSA) is 97.4 Å². The molecule has 2 N–H and O–H groups in total. The molecular formula is C28H24ClN3O4S2. The number of carbonyl (C=O) groups is 3.